The number of H-pyrrole nitrogens is 1. The molecule has 6 rings (SSSR count). The van der Waals surface area contributed by atoms with Crippen LogP contribution in [0.2, 0.25) is 0 Å². The molecule has 2 fully saturated rings. The van der Waals surface area contributed by atoms with Crippen molar-refractivity contribution >= 4 is 11.0 Å². The second kappa shape index (κ2) is 7.21. The molecule has 1 saturated heterocycles. The van der Waals surface area contributed by atoms with Crippen molar-refractivity contribution in [3.63, 3.8) is 0 Å². The summed E-state index contributed by atoms with van der Waals surface area (Å²) in [5.74, 6) is 1.44. The lowest BCUT2D eigenvalue weighted by atomic mass is 9.81. The average Bonchev–Trinajstić information content (AvgIpc) is 3.19. The molecule has 4 aromatic rings. The maximum Gasteiger partial charge on any atom is 0.159 e. The highest BCUT2D eigenvalue weighted by molar-refractivity contribution is 5.86. The zero-order chi connectivity index (χ0) is 21.9. The number of hydrogen-bond donors (Lipinski definition) is 2. The summed E-state index contributed by atoms with van der Waals surface area (Å²) in [6, 6.07) is 9.72. The monoisotopic (exact) mass is 430 g/mol. The number of aliphatic hydroxyl groups is 1. The quantitative estimate of drug-likeness (QED) is 0.503. The van der Waals surface area contributed by atoms with E-state index in [9.17, 15) is 5.11 Å². The van der Waals surface area contributed by atoms with Gasteiger partial charge in [0, 0.05) is 36.9 Å². The molecule has 2 atom stereocenters. The Balaban J connectivity index is 1.65. The van der Waals surface area contributed by atoms with Crippen LogP contribution in [0.4, 0.5) is 0 Å². The Kier molecular flexibility index (Phi) is 4.41. The van der Waals surface area contributed by atoms with Gasteiger partial charge in [0.1, 0.15) is 5.82 Å². The van der Waals surface area contributed by atoms with E-state index in [0.717, 1.165) is 59.5 Å². The fraction of sp³-hybridized carbons (Fsp3) is 0.417. The van der Waals surface area contributed by atoms with Crippen molar-refractivity contribution in [1.82, 2.24) is 29.9 Å². The number of imidazole rings is 1. The van der Waals surface area contributed by atoms with Crippen molar-refractivity contribution in [2.75, 3.05) is 6.61 Å². The minimum absolute atomic E-state index is 0.400. The summed E-state index contributed by atoms with van der Waals surface area (Å²) >= 11 is 0. The third kappa shape index (κ3) is 2.97. The molecule has 1 aliphatic carbocycles. The van der Waals surface area contributed by atoms with E-state index < -0.39 is 11.7 Å². The summed E-state index contributed by atoms with van der Waals surface area (Å²) < 4.78 is 7.83. The molecule has 164 valence electrons. The van der Waals surface area contributed by atoms with Crippen LogP contribution in [-0.2, 0) is 17.4 Å². The summed E-state index contributed by atoms with van der Waals surface area (Å²) in [5.41, 5.74) is 4.18. The first-order valence-corrected chi connectivity index (χ1v) is 11.2. The molecule has 4 heterocycles. The van der Waals surface area contributed by atoms with Gasteiger partial charge in [-0.3, -0.25) is 4.98 Å². The number of ether oxygens (including phenoxy) is 1. The van der Waals surface area contributed by atoms with Gasteiger partial charge in [-0.05, 0) is 56.9 Å². The number of hydrogen-bond acceptors (Lipinski definition) is 6. The smallest absolute Gasteiger partial charge is 0.159 e. The molecule has 2 unspecified atom stereocenters. The van der Waals surface area contributed by atoms with Crippen molar-refractivity contribution < 1.29 is 9.84 Å². The lowest BCUT2D eigenvalue weighted by Crippen LogP contribution is -2.41. The minimum Gasteiger partial charge on any atom is -0.376 e. The van der Waals surface area contributed by atoms with Crippen LogP contribution in [0.15, 0.2) is 36.5 Å². The largest absolute Gasteiger partial charge is 0.376 e. The highest BCUT2D eigenvalue weighted by Gasteiger charge is 2.46. The summed E-state index contributed by atoms with van der Waals surface area (Å²) in [6.07, 6.45) is 5.26. The summed E-state index contributed by atoms with van der Waals surface area (Å²) in [6.45, 7) is 2.57. The zero-order valence-corrected chi connectivity index (χ0v) is 18.2. The van der Waals surface area contributed by atoms with Crippen LogP contribution in [0, 0.1) is 6.92 Å². The number of aryl methyl sites for hydroxylation is 2. The normalized spacial score (nSPS) is 20.7. The van der Waals surface area contributed by atoms with Crippen molar-refractivity contribution in [2.24, 2.45) is 7.05 Å². The van der Waals surface area contributed by atoms with Gasteiger partial charge in [0.05, 0.1) is 34.2 Å². The average molecular weight is 431 g/mol. The van der Waals surface area contributed by atoms with Gasteiger partial charge in [-0.15, -0.1) is 5.10 Å². The van der Waals surface area contributed by atoms with Gasteiger partial charge in [0.2, 0.25) is 0 Å². The molecule has 2 aliphatic rings. The number of pyridine rings is 1. The Bertz CT molecular complexity index is 1270. The Labute approximate surface area is 185 Å². The molecule has 0 radical (unpaired) electrons. The third-order valence-corrected chi connectivity index (χ3v) is 6.70. The van der Waals surface area contributed by atoms with E-state index in [0.29, 0.717) is 23.8 Å². The first kappa shape index (κ1) is 19.6. The van der Waals surface area contributed by atoms with Crippen molar-refractivity contribution in [1.29, 1.82) is 0 Å². The standard InChI is InChI=1S/C24H26N6O2/c1-14-22(30(2)29-28-14)16-12-17(21-18(13-16)26-23(27-21)15-8-9-15)24(31,20-7-5-11-32-20)19-6-3-4-10-25-19/h3-4,6,10,12-13,15,20,31H,5,7-9,11H2,1-2H3,(H,26,27). The van der Waals surface area contributed by atoms with Crippen molar-refractivity contribution in [3.8, 4) is 11.3 Å². The van der Waals surface area contributed by atoms with E-state index in [1.807, 2.05) is 38.2 Å². The Morgan fingerprint density at radius 2 is 2.09 bits per heavy atom. The fourth-order valence-electron chi connectivity index (χ4n) is 4.94. The van der Waals surface area contributed by atoms with Gasteiger partial charge in [0.25, 0.3) is 0 Å². The molecular formula is C24H26N6O2. The Morgan fingerprint density at radius 3 is 2.75 bits per heavy atom. The highest BCUT2D eigenvalue weighted by Crippen LogP contribution is 2.44. The molecule has 0 amide bonds. The first-order valence-electron chi connectivity index (χ1n) is 11.2. The van der Waals surface area contributed by atoms with E-state index in [1.54, 1.807) is 10.9 Å². The predicted octanol–water partition coefficient (Wildman–Crippen LogP) is 3.35. The van der Waals surface area contributed by atoms with E-state index >= 15 is 0 Å². The van der Waals surface area contributed by atoms with Crippen LogP contribution < -0.4 is 0 Å². The number of rotatable bonds is 5. The van der Waals surface area contributed by atoms with Gasteiger partial charge >= 0.3 is 0 Å². The number of nitrogens with zero attached hydrogens (tertiary/aromatic N) is 5. The minimum atomic E-state index is -1.43. The molecular weight excluding hydrogens is 404 g/mol. The van der Waals surface area contributed by atoms with Gasteiger partial charge in [0.15, 0.2) is 5.60 Å². The molecule has 2 N–H and O–H groups in total. The fourth-order valence-corrected chi connectivity index (χ4v) is 4.94. The molecule has 1 aliphatic heterocycles. The molecule has 8 nitrogen and oxygen atoms in total. The number of aromatic nitrogens is 6. The van der Waals surface area contributed by atoms with E-state index in [4.69, 9.17) is 9.72 Å². The number of benzene rings is 1. The van der Waals surface area contributed by atoms with E-state index in [-0.39, 0.29) is 0 Å². The third-order valence-electron chi connectivity index (χ3n) is 6.70. The van der Waals surface area contributed by atoms with E-state index in [1.165, 1.54) is 0 Å². The van der Waals surface area contributed by atoms with Crippen LogP contribution in [-0.4, -0.2) is 47.8 Å². The van der Waals surface area contributed by atoms with Gasteiger partial charge in [-0.2, -0.15) is 0 Å². The lowest BCUT2D eigenvalue weighted by molar-refractivity contribution is -0.0636. The molecule has 0 spiro atoms. The molecule has 1 aromatic carbocycles. The van der Waals surface area contributed by atoms with Gasteiger partial charge in [-0.1, -0.05) is 11.3 Å². The number of aromatic amines is 1. The Morgan fingerprint density at radius 1 is 1.22 bits per heavy atom. The van der Waals surface area contributed by atoms with Crippen molar-refractivity contribution in [2.45, 2.75) is 50.2 Å². The van der Waals surface area contributed by atoms with Gasteiger partial charge in [-0.25, -0.2) is 9.67 Å². The van der Waals surface area contributed by atoms with Crippen LogP contribution in [0.3, 0.4) is 0 Å². The van der Waals surface area contributed by atoms with E-state index in [2.05, 4.69) is 26.3 Å². The van der Waals surface area contributed by atoms with Crippen LogP contribution >= 0.6 is 0 Å². The maximum absolute atomic E-state index is 12.4. The zero-order valence-electron chi connectivity index (χ0n) is 18.2. The maximum atomic E-state index is 12.4. The van der Waals surface area contributed by atoms with Crippen LogP contribution in [0.5, 0.6) is 0 Å². The molecule has 3 aromatic heterocycles. The van der Waals surface area contributed by atoms with Crippen LogP contribution in [0.1, 0.15) is 54.4 Å². The topological polar surface area (TPSA) is 102 Å². The summed E-state index contributed by atoms with van der Waals surface area (Å²) in [7, 11) is 1.88. The molecule has 0 bridgehead atoms. The Hall–Kier alpha value is -3.10. The lowest BCUT2D eigenvalue weighted by Gasteiger charge is -2.34. The predicted molar refractivity (Wildman–Crippen MR) is 119 cm³/mol. The number of fused-ring (bicyclic) bond motifs is 1. The highest BCUT2D eigenvalue weighted by atomic mass is 16.5. The second-order valence-corrected chi connectivity index (χ2v) is 8.95. The summed E-state index contributed by atoms with van der Waals surface area (Å²) in [5, 5.41) is 20.8. The van der Waals surface area contributed by atoms with Crippen LogP contribution in [0.25, 0.3) is 22.3 Å². The molecule has 1 saturated carbocycles. The second-order valence-electron chi connectivity index (χ2n) is 8.95. The SMILES string of the molecule is Cc1nnn(C)c1-c1cc(C(O)(c2ccccn2)C2CCCO2)c2nc(C3CC3)[nH]c2c1. The first-order chi connectivity index (χ1) is 15.6. The van der Waals surface area contributed by atoms with Gasteiger partial charge < -0.3 is 14.8 Å². The molecule has 8 heteroatoms. The summed E-state index contributed by atoms with van der Waals surface area (Å²) in [4.78, 5) is 13.1. The number of nitrogens with one attached hydrogen (secondary N) is 1. The van der Waals surface area contributed by atoms with Crippen molar-refractivity contribution in [3.05, 3.63) is 59.3 Å². The molecule has 32 heavy (non-hydrogen) atoms.